The molecule has 90 valence electrons. The Kier molecular flexibility index (Phi) is 2.52. The summed E-state index contributed by atoms with van der Waals surface area (Å²) in [6, 6.07) is 6.63. The lowest BCUT2D eigenvalue weighted by molar-refractivity contribution is -0.122. The number of carbonyl (C=O) groups is 1. The van der Waals surface area contributed by atoms with Gasteiger partial charge in [-0.1, -0.05) is 6.07 Å². The molecule has 0 bridgehead atoms. The first-order valence-corrected chi connectivity index (χ1v) is 6.06. The van der Waals surface area contributed by atoms with Crippen molar-refractivity contribution in [2.24, 2.45) is 0 Å². The second-order valence-corrected chi connectivity index (χ2v) is 4.74. The van der Waals surface area contributed by atoms with E-state index in [1.807, 2.05) is 18.2 Å². The Morgan fingerprint density at radius 1 is 1.47 bits per heavy atom. The summed E-state index contributed by atoms with van der Waals surface area (Å²) in [5.74, 6) is 0.688. The van der Waals surface area contributed by atoms with E-state index in [0.717, 1.165) is 18.0 Å². The number of ether oxygens (including phenoxy) is 1. The lowest BCUT2D eigenvalue weighted by atomic mass is 10.1. The largest absolute Gasteiger partial charge is 0.479 e. The Hall–Kier alpha value is -1.55. The van der Waals surface area contributed by atoms with E-state index in [2.05, 4.69) is 10.6 Å². The summed E-state index contributed by atoms with van der Waals surface area (Å²) in [7, 11) is 0. The highest BCUT2D eigenvalue weighted by atomic mass is 16.5. The van der Waals surface area contributed by atoms with Gasteiger partial charge in [-0.15, -0.1) is 0 Å². The van der Waals surface area contributed by atoms with Gasteiger partial charge >= 0.3 is 0 Å². The van der Waals surface area contributed by atoms with Crippen LogP contribution in [0.1, 0.15) is 25.3 Å². The molecule has 4 heteroatoms. The van der Waals surface area contributed by atoms with Crippen molar-refractivity contribution in [3.8, 4) is 5.75 Å². The molecule has 0 aromatic heterocycles. The summed E-state index contributed by atoms with van der Waals surface area (Å²) in [5.41, 5.74) is 1.96. The van der Waals surface area contributed by atoms with Crippen LogP contribution in [0.4, 0.5) is 5.69 Å². The highest BCUT2D eigenvalue weighted by Crippen LogP contribution is 2.30. The maximum Gasteiger partial charge on any atom is 0.265 e. The van der Waals surface area contributed by atoms with Crippen LogP contribution in [0.2, 0.25) is 0 Å². The van der Waals surface area contributed by atoms with Crippen LogP contribution >= 0.6 is 0 Å². The van der Waals surface area contributed by atoms with Gasteiger partial charge in [0, 0.05) is 12.6 Å². The average Bonchev–Trinajstić information content (AvgIpc) is 3.12. The van der Waals surface area contributed by atoms with Crippen molar-refractivity contribution in [2.75, 3.05) is 5.32 Å². The molecule has 0 saturated heterocycles. The Morgan fingerprint density at radius 3 is 3.06 bits per heavy atom. The van der Waals surface area contributed by atoms with Crippen molar-refractivity contribution < 1.29 is 9.53 Å². The number of carbonyl (C=O) groups excluding carboxylic acids is 1. The molecule has 0 spiro atoms. The third-order valence-electron chi connectivity index (χ3n) is 3.15. The highest BCUT2D eigenvalue weighted by molar-refractivity contribution is 5.97. The molecule has 1 aliphatic heterocycles. The van der Waals surface area contributed by atoms with E-state index >= 15 is 0 Å². The maximum atomic E-state index is 11.4. The molecule has 1 aliphatic carbocycles. The summed E-state index contributed by atoms with van der Waals surface area (Å²) >= 11 is 0. The molecule has 1 aromatic carbocycles. The van der Waals surface area contributed by atoms with Gasteiger partial charge in [-0.05, 0) is 37.5 Å². The van der Waals surface area contributed by atoms with E-state index in [4.69, 9.17) is 4.74 Å². The van der Waals surface area contributed by atoms with Crippen molar-refractivity contribution in [1.29, 1.82) is 0 Å². The van der Waals surface area contributed by atoms with Gasteiger partial charge in [0.2, 0.25) is 0 Å². The van der Waals surface area contributed by atoms with Crippen molar-refractivity contribution in [3.05, 3.63) is 23.8 Å². The van der Waals surface area contributed by atoms with E-state index in [-0.39, 0.29) is 5.91 Å². The second kappa shape index (κ2) is 4.04. The molecule has 1 amide bonds. The zero-order valence-electron chi connectivity index (χ0n) is 9.82. The normalized spacial score (nSPS) is 22.6. The summed E-state index contributed by atoms with van der Waals surface area (Å²) in [4.78, 5) is 11.4. The minimum absolute atomic E-state index is 0.0821. The molecule has 1 saturated carbocycles. The molecular formula is C13H16N2O2. The van der Waals surface area contributed by atoms with E-state index in [1.165, 1.54) is 18.4 Å². The monoisotopic (exact) mass is 232 g/mol. The quantitative estimate of drug-likeness (QED) is 0.833. The first-order valence-electron chi connectivity index (χ1n) is 6.06. The van der Waals surface area contributed by atoms with E-state index in [1.54, 1.807) is 6.92 Å². The van der Waals surface area contributed by atoms with Gasteiger partial charge in [-0.25, -0.2) is 0 Å². The number of fused-ring (bicyclic) bond motifs is 1. The van der Waals surface area contributed by atoms with Gasteiger partial charge in [0.05, 0.1) is 5.69 Å². The zero-order valence-corrected chi connectivity index (χ0v) is 9.82. The van der Waals surface area contributed by atoms with Crippen LogP contribution < -0.4 is 15.4 Å². The van der Waals surface area contributed by atoms with Crippen molar-refractivity contribution in [2.45, 2.75) is 38.5 Å². The summed E-state index contributed by atoms with van der Waals surface area (Å²) < 4.78 is 5.57. The Morgan fingerprint density at radius 2 is 2.29 bits per heavy atom. The van der Waals surface area contributed by atoms with Crippen molar-refractivity contribution >= 4 is 11.6 Å². The number of amides is 1. The molecule has 1 unspecified atom stereocenters. The molecular weight excluding hydrogens is 216 g/mol. The van der Waals surface area contributed by atoms with Gasteiger partial charge in [-0.2, -0.15) is 0 Å². The predicted molar refractivity (Wildman–Crippen MR) is 65.0 cm³/mol. The van der Waals surface area contributed by atoms with Gasteiger partial charge in [0.15, 0.2) is 6.10 Å². The molecule has 2 N–H and O–H groups in total. The predicted octanol–water partition coefficient (Wildman–Crippen LogP) is 1.66. The average molecular weight is 232 g/mol. The second-order valence-electron chi connectivity index (χ2n) is 4.74. The van der Waals surface area contributed by atoms with Crippen LogP contribution in [0.25, 0.3) is 0 Å². The Labute approximate surface area is 100 Å². The van der Waals surface area contributed by atoms with Crippen LogP contribution in [0, 0.1) is 0 Å². The van der Waals surface area contributed by atoms with Crippen LogP contribution in [0.5, 0.6) is 5.75 Å². The third kappa shape index (κ3) is 2.26. The molecule has 17 heavy (non-hydrogen) atoms. The fourth-order valence-electron chi connectivity index (χ4n) is 1.91. The van der Waals surface area contributed by atoms with Crippen LogP contribution in [-0.4, -0.2) is 18.1 Å². The Balaban J connectivity index is 1.75. The van der Waals surface area contributed by atoms with E-state index < -0.39 is 6.10 Å². The smallest absolute Gasteiger partial charge is 0.265 e. The van der Waals surface area contributed by atoms with Crippen LogP contribution in [-0.2, 0) is 11.3 Å². The van der Waals surface area contributed by atoms with Crippen molar-refractivity contribution in [1.82, 2.24) is 5.32 Å². The third-order valence-corrected chi connectivity index (χ3v) is 3.15. The lowest BCUT2D eigenvalue weighted by Crippen LogP contribution is -2.34. The molecule has 1 fully saturated rings. The molecule has 0 radical (unpaired) electrons. The fourth-order valence-corrected chi connectivity index (χ4v) is 1.91. The summed E-state index contributed by atoms with van der Waals surface area (Å²) in [5, 5.41) is 6.29. The molecule has 1 aromatic rings. The van der Waals surface area contributed by atoms with Crippen LogP contribution in [0.3, 0.4) is 0 Å². The first-order chi connectivity index (χ1) is 8.22. The molecule has 4 nitrogen and oxygen atoms in total. The highest BCUT2D eigenvalue weighted by Gasteiger charge is 2.24. The van der Waals surface area contributed by atoms with Gasteiger partial charge in [0.25, 0.3) is 5.91 Å². The maximum absolute atomic E-state index is 11.4. The van der Waals surface area contributed by atoms with Gasteiger partial charge in [0.1, 0.15) is 5.75 Å². The number of rotatable bonds is 3. The molecule has 3 rings (SSSR count). The summed E-state index contributed by atoms with van der Waals surface area (Å²) in [6.07, 6.45) is 2.16. The summed E-state index contributed by atoms with van der Waals surface area (Å²) in [6.45, 7) is 2.62. The minimum Gasteiger partial charge on any atom is -0.479 e. The van der Waals surface area contributed by atoms with Gasteiger partial charge in [-0.3, -0.25) is 4.79 Å². The fraction of sp³-hybridized carbons (Fsp3) is 0.462. The molecule has 2 aliphatic rings. The SMILES string of the molecule is CC1Oc2cc(CNC3CC3)ccc2NC1=O. The molecule has 1 heterocycles. The Bertz CT molecular complexity index is 455. The standard InChI is InChI=1S/C13H16N2O2/c1-8-13(16)15-11-5-2-9(6-12(11)17-8)7-14-10-3-4-10/h2,5-6,8,10,14H,3-4,7H2,1H3,(H,15,16). The number of benzene rings is 1. The first kappa shape index (κ1) is 10.6. The topological polar surface area (TPSA) is 50.4 Å². The van der Waals surface area contributed by atoms with Crippen LogP contribution in [0.15, 0.2) is 18.2 Å². The number of hydrogen-bond donors (Lipinski definition) is 2. The molecule has 1 atom stereocenters. The number of nitrogens with one attached hydrogen (secondary N) is 2. The van der Waals surface area contributed by atoms with Gasteiger partial charge < -0.3 is 15.4 Å². The zero-order chi connectivity index (χ0) is 11.8. The van der Waals surface area contributed by atoms with E-state index in [0.29, 0.717) is 6.04 Å². The lowest BCUT2D eigenvalue weighted by Gasteiger charge is -2.23. The van der Waals surface area contributed by atoms with E-state index in [9.17, 15) is 4.79 Å². The van der Waals surface area contributed by atoms with Crippen molar-refractivity contribution in [3.63, 3.8) is 0 Å². The number of anilines is 1. The minimum atomic E-state index is -0.408. The number of hydrogen-bond acceptors (Lipinski definition) is 3.